The van der Waals surface area contributed by atoms with Crippen LogP contribution in [0.2, 0.25) is 0 Å². The first kappa shape index (κ1) is 9.58. The van der Waals surface area contributed by atoms with E-state index in [9.17, 15) is 4.79 Å². The summed E-state index contributed by atoms with van der Waals surface area (Å²) in [6.07, 6.45) is 0. The number of hydrogen-bond donors (Lipinski definition) is 1. The van der Waals surface area contributed by atoms with Crippen molar-refractivity contribution in [1.29, 1.82) is 0 Å². The van der Waals surface area contributed by atoms with Gasteiger partial charge in [0.15, 0.2) is 5.69 Å². The van der Waals surface area contributed by atoms with Crippen LogP contribution in [0.15, 0.2) is 0 Å². The Bertz CT molecular complexity index is 384. The monoisotopic (exact) mass is 212 g/mol. The Kier molecular flexibility index (Phi) is 2.26. The van der Waals surface area contributed by atoms with E-state index in [0.717, 1.165) is 22.8 Å². The summed E-state index contributed by atoms with van der Waals surface area (Å²) in [7, 11) is 0. The van der Waals surface area contributed by atoms with Gasteiger partial charge in [-0.1, -0.05) is 0 Å². The van der Waals surface area contributed by atoms with Crippen LogP contribution in [0.5, 0.6) is 0 Å². The molecule has 0 bridgehead atoms. The predicted octanol–water partition coefficient (Wildman–Crippen LogP) is 1.91. The van der Waals surface area contributed by atoms with Crippen LogP contribution in [-0.2, 0) is 11.5 Å². The van der Waals surface area contributed by atoms with Crippen LogP contribution in [0.4, 0.5) is 0 Å². The molecule has 1 aliphatic rings. The zero-order chi connectivity index (χ0) is 10.3. The Labute approximate surface area is 86.3 Å². The molecule has 1 N–H and O–H groups in total. The number of fused-ring (bicyclic) bond motifs is 1. The highest BCUT2D eigenvalue weighted by Crippen LogP contribution is 2.32. The van der Waals surface area contributed by atoms with Crippen LogP contribution in [-0.4, -0.2) is 20.9 Å². The van der Waals surface area contributed by atoms with E-state index in [-0.39, 0.29) is 6.04 Å². The van der Waals surface area contributed by atoms with Gasteiger partial charge >= 0.3 is 5.97 Å². The number of thioether (sulfide) groups is 1. The Balaban J connectivity index is 2.57. The number of carboxylic acids is 1. The summed E-state index contributed by atoms with van der Waals surface area (Å²) < 4.78 is 1.62. The Hall–Kier alpha value is -0.970. The largest absolute Gasteiger partial charge is 0.477 e. The molecule has 1 aliphatic heterocycles. The summed E-state index contributed by atoms with van der Waals surface area (Å²) in [4.78, 5) is 11.1. The molecule has 0 radical (unpaired) electrons. The molecule has 1 aromatic heterocycles. The van der Waals surface area contributed by atoms with Crippen LogP contribution in [0, 0.1) is 0 Å². The maximum absolute atomic E-state index is 11.1. The molecular weight excluding hydrogens is 200 g/mol. The van der Waals surface area contributed by atoms with E-state index in [1.807, 2.05) is 13.8 Å². The fourth-order valence-electron chi connectivity index (χ4n) is 1.63. The molecule has 0 unspecified atom stereocenters. The molecule has 0 saturated heterocycles. The van der Waals surface area contributed by atoms with Crippen molar-refractivity contribution < 1.29 is 9.90 Å². The molecule has 5 heteroatoms. The summed E-state index contributed by atoms with van der Waals surface area (Å²) in [5.41, 5.74) is 2.23. The van der Waals surface area contributed by atoms with Gasteiger partial charge in [0.05, 0.1) is 5.69 Å². The number of nitrogens with zero attached hydrogens (tertiary/aromatic N) is 2. The molecule has 0 amide bonds. The zero-order valence-electron chi connectivity index (χ0n) is 8.15. The first-order valence-electron chi connectivity index (χ1n) is 4.52. The molecular formula is C9H12N2O2S. The molecule has 0 aromatic carbocycles. The Morgan fingerprint density at radius 2 is 2.29 bits per heavy atom. The third-order valence-electron chi connectivity index (χ3n) is 2.27. The van der Waals surface area contributed by atoms with Gasteiger partial charge in [0.2, 0.25) is 0 Å². The summed E-state index contributed by atoms with van der Waals surface area (Å²) in [6, 6.07) is 0.108. The first-order chi connectivity index (χ1) is 6.61. The number of carboxylic acid groups (broad SMARTS) is 1. The van der Waals surface area contributed by atoms with E-state index >= 15 is 0 Å². The molecule has 0 aliphatic carbocycles. The van der Waals surface area contributed by atoms with Crippen molar-refractivity contribution in [2.45, 2.75) is 31.4 Å². The Morgan fingerprint density at radius 3 is 2.86 bits per heavy atom. The molecule has 0 fully saturated rings. The smallest absolute Gasteiger partial charge is 0.354 e. The summed E-state index contributed by atoms with van der Waals surface area (Å²) >= 11 is 1.72. The first-order valence-corrected chi connectivity index (χ1v) is 5.68. The average molecular weight is 212 g/mol. The van der Waals surface area contributed by atoms with Gasteiger partial charge in [0.1, 0.15) is 0 Å². The Morgan fingerprint density at radius 1 is 1.57 bits per heavy atom. The second-order valence-corrected chi connectivity index (χ2v) is 4.60. The standard InChI is InChI=1S/C9H12N2O2S/c1-5(2)11-8(9(12)13)6-3-14-4-7(6)10-11/h5H,3-4H2,1-2H3,(H,12,13). The average Bonchev–Trinajstić information content (AvgIpc) is 2.58. The van der Waals surface area contributed by atoms with Crippen molar-refractivity contribution in [1.82, 2.24) is 9.78 Å². The van der Waals surface area contributed by atoms with Gasteiger partial charge in [-0.15, -0.1) is 0 Å². The van der Waals surface area contributed by atoms with E-state index in [1.165, 1.54) is 0 Å². The molecule has 14 heavy (non-hydrogen) atoms. The number of hydrogen-bond acceptors (Lipinski definition) is 3. The van der Waals surface area contributed by atoms with Gasteiger partial charge in [0, 0.05) is 23.1 Å². The van der Waals surface area contributed by atoms with Crippen molar-refractivity contribution in [2.24, 2.45) is 0 Å². The van der Waals surface area contributed by atoms with Crippen molar-refractivity contribution in [3.63, 3.8) is 0 Å². The van der Waals surface area contributed by atoms with Crippen LogP contribution in [0.3, 0.4) is 0 Å². The third kappa shape index (κ3) is 1.32. The molecule has 0 atom stereocenters. The summed E-state index contributed by atoms with van der Waals surface area (Å²) in [6.45, 7) is 3.89. The summed E-state index contributed by atoms with van der Waals surface area (Å²) in [5.74, 6) is 0.758. The van der Waals surface area contributed by atoms with Gasteiger partial charge in [0.25, 0.3) is 0 Å². The SMILES string of the molecule is CC(C)n1nc2c(c1C(=O)O)CSC2. The lowest BCUT2D eigenvalue weighted by Crippen LogP contribution is -2.13. The quantitative estimate of drug-likeness (QED) is 0.813. The number of carbonyl (C=O) groups is 1. The predicted molar refractivity (Wildman–Crippen MR) is 54.6 cm³/mol. The molecule has 0 saturated carbocycles. The number of aromatic nitrogens is 2. The van der Waals surface area contributed by atoms with Crippen LogP contribution in [0.25, 0.3) is 0 Å². The van der Waals surface area contributed by atoms with Crippen LogP contribution in [0.1, 0.15) is 41.6 Å². The molecule has 2 heterocycles. The minimum Gasteiger partial charge on any atom is -0.477 e. The molecule has 2 rings (SSSR count). The van der Waals surface area contributed by atoms with Gasteiger partial charge in [-0.2, -0.15) is 16.9 Å². The van der Waals surface area contributed by atoms with Crippen LogP contribution < -0.4 is 0 Å². The lowest BCUT2D eigenvalue weighted by atomic mass is 10.2. The normalized spacial score (nSPS) is 14.8. The van der Waals surface area contributed by atoms with E-state index < -0.39 is 5.97 Å². The second kappa shape index (κ2) is 3.31. The second-order valence-electron chi connectivity index (χ2n) is 3.61. The maximum Gasteiger partial charge on any atom is 0.354 e. The molecule has 1 aromatic rings. The van der Waals surface area contributed by atoms with Gasteiger partial charge in [-0.05, 0) is 13.8 Å². The van der Waals surface area contributed by atoms with Crippen LogP contribution >= 0.6 is 11.8 Å². The van der Waals surface area contributed by atoms with E-state index in [4.69, 9.17) is 5.11 Å². The highest BCUT2D eigenvalue weighted by atomic mass is 32.2. The number of aromatic carboxylic acids is 1. The highest BCUT2D eigenvalue weighted by molar-refractivity contribution is 7.98. The van der Waals surface area contributed by atoms with Gasteiger partial charge in [-0.25, -0.2) is 4.79 Å². The van der Waals surface area contributed by atoms with Crippen molar-refractivity contribution in [3.05, 3.63) is 17.0 Å². The lowest BCUT2D eigenvalue weighted by molar-refractivity contribution is 0.0680. The number of rotatable bonds is 2. The van der Waals surface area contributed by atoms with E-state index in [1.54, 1.807) is 16.4 Å². The molecule has 76 valence electrons. The fraction of sp³-hybridized carbons (Fsp3) is 0.556. The minimum atomic E-state index is -0.866. The fourth-order valence-corrected chi connectivity index (χ4v) is 2.67. The van der Waals surface area contributed by atoms with Crippen molar-refractivity contribution in [2.75, 3.05) is 0 Å². The van der Waals surface area contributed by atoms with E-state index in [0.29, 0.717) is 5.69 Å². The molecule has 4 nitrogen and oxygen atoms in total. The minimum absolute atomic E-state index is 0.108. The van der Waals surface area contributed by atoms with Crippen molar-refractivity contribution in [3.8, 4) is 0 Å². The lowest BCUT2D eigenvalue weighted by Gasteiger charge is -2.08. The highest BCUT2D eigenvalue weighted by Gasteiger charge is 2.27. The zero-order valence-corrected chi connectivity index (χ0v) is 8.97. The van der Waals surface area contributed by atoms with Gasteiger partial charge < -0.3 is 5.11 Å². The van der Waals surface area contributed by atoms with Gasteiger partial charge in [-0.3, -0.25) is 4.68 Å². The summed E-state index contributed by atoms with van der Waals surface area (Å²) in [5, 5.41) is 13.4. The molecule has 0 spiro atoms. The third-order valence-corrected chi connectivity index (χ3v) is 3.24. The topological polar surface area (TPSA) is 55.1 Å². The van der Waals surface area contributed by atoms with Crippen molar-refractivity contribution >= 4 is 17.7 Å². The van der Waals surface area contributed by atoms with E-state index in [2.05, 4.69) is 5.10 Å². The maximum atomic E-state index is 11.1.